The Balaban J connectivity index is 2.68. The maximum atomic E-state index is 4.32. The number of hydrogen-bond donors (Lipinski definition) is 0. The van der Waals surface area contributed by atoms with Crippen LogP contribution in [0.3, 0.4) is 0 Å². The molecule has 0 saturated heterocycles. The Bertz CT molecular complexity index is 482. The molecule has 0 aliphatic rings. The SMILES string of the molecule is CCC(C)c1cncn2ccc(C(C)C)c12. The Labute approximate surface area is 97.3 Å². The van der Waals surface area contributed by atoms with Gasteiger partial charge in [0.2, 0.25) is 0 Å². The fourth-order valence-corrected chi connectivity index (χ4v) is 2.17. The van der Waals surface area contributed by atoms with E-state index < -0.39 is 0 Å². The molecule has 0 bridgehead atoms. The standard InChI is InChI=1S/C14H20N2/c1-5-11(4)13-8-15-9-16-7-6-12(10(2)3)14(13)16/h6-11H,5H2,1-4H3. The average Bonchev–Trinajstić information content (AvgIpc) is 2.71. The van der Waals surface area contributed by atoms with Crippen molar-refractivity contribution < 1.29 is 0 Å². The van der Waals surface area contributed by atoms with Crippen LogP contribution in [0.15, 0.2) is 24.8 Å². The number of hydrogen-bond acceptors (Lipinski definition) is 1. The van der Waals surface area contributed by atoms with E-state index >= 15 is 0 Å². The molecule has 86 valence electrons. The third kappa shape index (κ3) is 1.73. The largest absolute Gasteiger partial charge is 0.307 e. The summed E-state index contributed by atoms with van der Waals surface area (Å²) in [4.78, 5) is 4.32. The van der Waals surface area contributed by atoms with E-state index in [4.69, 9.17) is 0 Å². The molecule has 0 aliphatic carbocycles. The second-order valence-electron chi connectivity index (χ2n) is 4.84. The van der Waals surface area contributed by atoms with Crippen LogP contribution in [0, 0.1) is 0 Å². The van der Waals surface area contributed by atoms with Crippen LogP contribution >= 0.6 is 0 Å². The van der Waals surface area contributed by atoms with Gasteiger partial charge in [-0.15, -0.1) is 0 Å². The fourth-order valence-electron chi connectivity index (χ4n) is 2.17. The van der Waals surface area contributed by atoms with Gasteiger partial charge in [0.25, 0.3) is 0 Å². The van der Waals surface area contributed by atoms with Gasteiger partial charge in [0.05, 0.1) is 11.8 Å². The molecule has 2 rings (SSSR count). The minimum atomic E-state index is 0.565. The molecule has 2 nitrogen and oxygen atoms in total. The lowest BCUT2D eigenvalue weighted by atomic mass is 9.95. The summed E-state index contributed by atoms with van der Waals surface area (Å²) in [6.45, 7) is 8.99. The second-order valence-corrected chi connectivity index (χ2v) is 4.84. The first-order valence-corrected chi connectivity index (χ1v) is 6.09. The van der Waals surface area contributed by atoms with Crippen LogP contribution in [-0.2, 0) is 0 Å². The molecule has 16 heavy (non-hydrogen) atoms. The van der Waals surface area contributed by atoms with Gasteiger partial charge in [0, 0.05) is 12.4 Å². The van der Waals surface area contributed by atoms with Crippen molar-refractivity contribution in [3.63, 3.8) is 0 Å². The van der Waals surface area contributed by atoms with Crippen LogP contribution in [0.4, 0.5) is 0 Å². The van der Waals surface area contributed by atoms with Crippen LogP contribution in [0.25, 0.3) is 5.52 Å². The summed E-state index contributed by atoms with van der Waals surface area (Å²) in [5.41, 5.74) is 4.16. The Morgan fingerprint density at radius 1 is 1.25 bits per heavy atom. The van der Waals surface area contributed by atoms with Crippen molar-refractivity contribution in [2.75, 3.05) is 0 Å². The smallest absolute Gasteiger partial charge is 0.0990 e. The lowest BCUT2D eigenvalue weighted by molar-refractivity contribution is 0.728. The van der Waals surface area contributed by atoms with Gasteiger partial charge in [-0.1, -0.05) is 27.7 Å². The van der Waals surface area contributed by atoms with Crippen molar-refractivity contribution in [2.24, 2.45) is 0 Å². The van der Waals surface area contributed by atoms with E-state index in [1.165, 1.54) is 16.6 Å². The third-order valence-corrected chi connectivity index (χ3v) is 3.39. The Morgan fingerprint density at radius 3 is 2.62 bits per heavy atom. The summed E-state index contributed by atoms with van der Waals surface area (Å²) in [7, 11) is 0. The molecule has 0 radical (unpaired) electrons. The molecule has 2 aromatic heterocycles. The van der Waals surface area contributed by atoms with E-state index in [1.807, 2.05) is 12.5 Å². The summed E-state index contributed by atoms with van der Waals surface area (Å²) in [6.07, 6.45) is 7.19. The predicted molar refractivity (Wildman–Crippen MR) is 68.0 cm³/mol. The molecule has 0 fully saturated rings. The summed E-state index contributed by atoms with van der Waals surface area (Å²) in [5.74, 6) is 1.14. The fraction of sp³-hybridized carbons (Fsp3) is 0.500. The minimum Gasteiger partial charge on any atom is -0.307 e. The van der Waals surface area contributed by atoms with E-state index in [9.17, 15) is 0 Å². The topological polar surface area (TPSA) is 17.3 Å². The molecular weight excluding hydrogens is 196 g/mol. The molecule has 2 aromatic rings. The highest BCUT2D eigenvalue weighted by molar-refractivity contribution is 5.63. The quantitative estimate of drug-likeness (QED) is 0.758. The molecular formula is C14H20N2. The lowest BCUT2D eigenvalue weighted by Gasteiger charge is -2.13. The summed E-state index contributed by atoms with van der Waals surface area (Å²) in [6, 6.07) is 2.22. The highest BCUT2D eigenvalue weighted by atomic mass is 14.9. The van der Waals surface area contributed by atoms with Gasteiger partial charge in [-0.05, 0) is 35.4 Å². The molecule has 2 heterocycles. The Morgan fingerprint density at radius 2 is 2.00 bits per heavy atom. The van der Waals surface area contributed by atoms with Crippen molar-refractivity contribution in [1.82, 2.24) is 9.38 Å². The number of fused-ring (bicyclic) bond motifs is 1. The maximum absolute atomic E-state index is 4.32. The highest BCUT2D eigenvalue weighted by Gasteiger charge is 2.14. The first-order valence-electron chi connectivity index (χ1n) is 6.09. The van der Waals surface area contributed by atoms with Crippen LogP contribution in [0.5, 0.6) is 0 Å². The van der Waals surface area contributed by atoms with E-state index in [0.717, 1.165) is 6.42 Å². The van der Waals surface area contributed by atoms with E-state index in [0.29, 0.717) is 11.8 Å². The van der Waals surface area contributed by atoms with Gasteiger partial charge in [-0.2, -0.15) is 0 Å². The first kappa shape index (κ1) is 11.2. The molecule has 0 spiro atoms. The van der Waals surface area contributed by atoms with E-state index in [1.54, 1.807) is 0 Å². The second kappa shape index (κ2) is 4.28. The summed E-state index contributed by atoms with van der Waals surface area (Å²) in [5, 5.41) is 0. The summed E-state index contributed by atoms with van der Waals surface area (Å²) >= 11 is 0. The molecule has 2 heteroatoms. The zero-order valence-electron chi connectivity index (χ0n) is 10.6. The van der Waals surface area contributed by atoms with Crippen molar-refractivity contribution >= 4 is 5.52 Å². The Hall–Kier alpha value is -1.31. The zero-order chi connectivity index (χ0) is 11.7. The van der Waals surface area contributed by atoms with Gasteiger partial charge in [0.15, 0.2) is 0 Å². The Kier molecular flexibility index (Phi) is 2.99. The maximum Gasteiger partial charge on any atom is 0.0990 e. The number of nitrogens with zero attached hydrogens (tertiary/aromatic N) is 2. The van der Waals surface area contributed by atoms with E-state index in [2.05, 4.69) is 49.3 Å². The van der Waals surface area contributed by atoms with Crippen molar-refractivity contribution in [3.8, 4) is 0 Å². The molecule has 0 N–H and O–H groups in total. The normalized spacial score (nSPS) is 13.6. The number of aromatic nitrogens is 2. The highest BCUT2D eigenvalue weighted by Crippen LogP contribution is 2.29. The summed E-state index contributed by atoms with van der Waals surface area (Å²) < 4.78 is 2.15. The van der Waals surface area contributed by atoms with Crippen LogP contribution in [-0.4, -0.2) is 9.38 Å². The van der Waals surface area contributed by atoms with Crippen molar-refractivity contribution in [2.45, 2.75) is 46.0 Å². The van der Waals surface area contributed by atoms with Crippen molar-refractivity contribution in [1.29, 1.82) is 0 Å². The lowest BCUT2D eigenvalue weighted by Crippen LogP contribution is -1.99. The van der Waals surface area contributed by atoms with Crippen LogP contribution < -0.4 is 0 Å². The molecule has 1 unspecified atom stereocenters. The van der Waals surface area contributed by atoms with Gasteiger partial charge in [0.1, 0.15) is 0 Å². The predicted octanol–water partition coefficient (Wildman–Crippen LogP) is 3.97. The number of rotatable bonds is 3. The average molecular weight is 216 g/mol. The van der Waals surface area contributed by atoms with Crippen LogP contribution in [0.2, 0.25) is 0 Å². The molecule has 0 aromatic carbocycles. The van der Waals surface area contributed by atoms with Crippen LogP contribution in [0.1, 0.15) is 57.1 Å². The third-order valence-electron chi connectivity index (χ3n) is 3.39. The molecule has 0 saturated carbocycles. The zero-order valence-corrected chi connectivity index (χ0v) is 10.6. The molecule has 1 atom stereocenters. The first-order chi connectivity index (χ1) is 7.65. The van der Waals surface area contributed by atoms with Gasteiger partial charge >= 0.3 is 0 Å². The molecule has 0 aliphatic heterocycles. The van der Waals surface area contributed by atoms with E-state index in [-0.39, 0.29) is 0 Å². The monoisotopic (exact) mass is 216 g/mol. The van der Waals surface area contributed by atoms with Crippen molar-refractivity contribution in [3.05, 3.63) is 35.9 Å². The van der Waals surface area contributed by atoms with Gasteiger partial charge in [-0.25, -0.2) is 4.98 Å². The minimum absolute atomic E-state index is 0.565. The van der Waals surface area contributed by atoms with Gasteiger partial charge < -0.3 is 4.40 Å². The van der Waals surface area contributed by atoms with Gasteiger partial charge in [-0.3, -0.25) is 0 Å². The molecule has 0 amide bonds.